The summed E-state index contributed by atoms with van der Waals surface area (Å²) in [6, 6.07) is 5.98. The number of nitrogens with two attached hydrogens (primary N) is 1. The smallest absolute Gasteiger partial charge is 0.0420 e. The van der Waals surface area contributed by atoms with Crippen LogP contribution < -0.4 is 5.73 Å². The van der Waals surface area contributed by atoms with E-state index in [-0.39, 0.29) is 0 Å². The molecule has 0 atom stereocenters. The van der Waals surface area contributed by atoms with Gasteiger partial charge in [0.05, 0.1) is 0 Å². The molecule has 1 aromatic carbocycles. The number of benzene rings is 1. The molecular formula is C10H14ClNS. The highest BCUT2D eigenvalue weighted by molar-refractivity contribution is 7.99. The molecule has 13 heavy (non-hydrogen) atoms. The molecule has 0 fully saturated rings. The van der Waals surface area contributed by atoms with Gasteiger partial charge >= 0.3 is 0 Å². The Balaban J connectivity index is 2.88. The Morgan fingerprint density at radius 2 is 2.08 bits per heavy atom. The van der Waals surface area contributed by atoms with Crippen molar-refractivity contribution in [3.05, 3.63) is 28.8 Å². The first-order chi connectivity index (χ1) is 6.11. The molecule has 0 amide bonds. The molecule has 0 unspecified atom stereocenters. The van der Waals surface area contributed by atoms with Gasteiger partial charge in [0, 0.05) is 21.7 Å². The van der Waals surface area contributed by atoms with Gasteiger partial charge in [-0.2, -0.15) is 0 Å². The molecule has 72 valence electrons. The maximum atomic E-state index is 5.94. The summed E-state index contributed by atoms with van der Waals surface area (Å²) in [6.07, 6.45) is 0. The molecular weight excluding hydrogens is 202 g/mol. The summed E-state index contributed by atoms with van der Waals surface area (Å²) in [7, 11) is 0. The first-order valence-electron chi connectivity index (χ1n) is 4.28. The summed E-state index contributed by atoms with van der Waals surface area (Å²) < 4.78 is 0. The average Bonchev–Trinajstić information content (AvgIpc) is 2.01. The molecule has 0 bridgehead atoms. The molecule has 0 saturated heterocycles. The van der Waals surface area contributed by atoms with Crippen molar-refractivity contribution in [3.8, 4) is 0 Å². The van der Waals surface area contributed by atoms with Crippen molar-refractivity contribution in [2.75, 3.05) is 0 Å². The normalized spacial score (nSPS) is 10.8. The molecule has 1 nitrogen and oxygen atoms in total. The second-order valence-corrected chi connectivity index (χ2v) is 5.25. The lowest BCUT2D eigenvalue weighted by Crippen LogP contribution is -1.96. The average molecular weight is 216 g/mol. The maximum Gasteiger partial charge on any atom is 0.0420 e. The molecule has 0 spiro atoms. The van der Waals surface area contributed by atoms with E-state index in [0.29, 0.717) is 11.8 Å². The van der Waals surface area contributed by atoms with Gasteiger partial charge in [0.15, 0.2) is 0 Å². The Labute approximate surface area is 88.7 Å². The zero-order valence-corrected chi connectivity index (χ0v) is 9.45. The minimum absolute atomic E-state index is 0.548. The van der Waals surface area contributed by atoms with Crippen molar-refractivity contribution in [3.63, 3.8) is 0 Å². The zero-order valence-electron chi connectivity index (χ0n) is 7.88. The fourth-order valence-electron chi connectivity index (χ4n) is 1.08. The van der Waals surface area contributed by atoms with Gasteiger partial charge in [-0.15, -0.1) is 11.8 Å². The van der Waals surface area contributed by atoms with E-state index in [0.717, 1.165) is 10.6 Å². The number of rotatable bonds is 3. The summed E-state index contributed by atoms with van der Waals surface area (Å²) in [6.45, 7) is 4.87. The third-order valence-corrected chi connectivity index (χ3v) is 2.74. The second-order valence-electron chi connectivity index (χ2n) is 3.17. The molecule has 0 heterocycles. The van der Waals surface area contributed by atoms with Gasteiger partial charge in [0.2, 0.25) is 0 Å². The quantitative estimate of drug-likeness (QED) is 0.784. The standard InChI is InChI=1S/C10H14ClNS/c1-7(2)13-10-4-8(6-12)3-9(11)5-10/h3-5,7H,6,12H2,1-2H3. The van der Waals surface area contributed by atoms with Crippen molar-refractivity contribution < 1.29 is 0 Å². The van der Waals surface area contributed by atoms with Crippen LogP contribution in [0.1, 0.15) is 19.4 Å². The Morgan fingerprint density at radius 1 is 1.38 bits per heavy atom. The Kier molecular flexibility index (Phi) is 4.10. The Morgan fingerprint density at radius 3 is 2.62 bits per heavy atom. The van der Waals surface area contributed by atoms with E-state index in [1.807, 2.05) is 12.1 Å². The van der Waals surface area contributed by atoms with E-state index in [2.05, 4.69) is 19.9 Å². The van der Waals surface area contributed by atoms with Crippen molar-refractivity contribution in [2.45, 2.75) is 30.5 Å². The van der Waals surface area contributed by atoms with Gasteiger partial charge in [0.25, 0.3) is 0 Å². The lowest BCUT2D eigenvalue weighted by atomic mass is 10.2. The molecule has 2 N–H and O–H groups in total. The molecule has 0 aliphatic heterocycles. The third kappa shape index (κ3) is 3.59. The van der Waals surface area contributed by atoms with Crippen molar-refractivity contribution in [2.24, 2.45) is 5.73 Å². The van der Waals surface area contributed by atoms with Gasteiger partial charge in [-0.3, -0.25) is 0 Å². The van der Waals surface area contributed by atoms with Crippen LogP contribution >= 0.6 is 23.4 Å². The molecule has 0 aromatic heterocycles. The van der Waals surface area contributed by atoms with Gasteiger partial charge in [-0.25, -0.2) is 0 Å². The van der Waals surface area contributed by atoms with E-state index >= 15 is 0 Å². The predicted molar refractivity (Wildman–Crippen MR) is 60.3 cm³/mol. The highest BCUT2D eigenvalue weighted by atomic mass is 35.5. The highest BCUT2D eigenvalue weighted by Crippen LogP contribution is 2.26. The monoisotopic (exact) mass is 215 g/mol. The van der Waals surface area contributed by atoms with Crippen LogP contribution in [0, 0.1) is 0 Å². The largest absolute Gasteiger partial charge is 0.326 e. The van der Waals surface area contributed by atoms with Crippen LogP contribution in [0.2, 0.25) is 5.02 Å². The first-order valence-corrected chi connectivity index (χ1v) is 5.53. The van der Waals surface area contributed by atoms with Crippen LogP contribution in [0.4, 0.5) is 0 Å². The maximum absolute atomic E-state index is 5.94. The first kappa shape index (κ1) is 10.9. The van der Waals surface area contributed by atoms with E-state index < -0.39 is 0 Å². The number of halogens is 1. The SMILES string of the molecule is CC(C)Sc1cc(Cl)cc(CN)c1. The number of thioether (sulfide) groups is 1. The lowest BCUT2D eigenvalue weighted by Gasteiger charge is -2.07. The summed E-state index contributed by atoms with van der Waals surface area (Å²) >= 11 is 7.75. The van der Waals surface area contributed by atoms with Crippen LogP contribution in [-0.2, 0) is 6.54 Å². The van der Waals surface area contributed by atoms with Crippen molar-refractivity contribution in [1.82, 2.24) is 0 Å². The number of hydrogen-bond donors (Lipinski definition) is 1. The van der Waals surface area contributed by atoms with Crippen LogP contribution in [0.5, 0.6) is 0 Å². The molecule has 0 aliphatic carbocycles. The zero-order chi connectivity index (χ0) is 9.84. The van der Waals surface area contributed by atoms with E-state index in [1.54, 1.807) is 11.8 Å². The lowest BCUT2D eigenvalue weighted by molar-refractivity contribution is 1.06. The highest BCUT2D eigenvalue weighted by Gasteiger charge is 2.01. The second kappa shape index (κ2) is 4.89. The van der Waals surface area contributed by atoms with Crippen LogP contribution in [-0.4, -0.2) is 5.25 Å². The summed E-state index contributed by atoms with van der Waals surface area (Å²) in [5.41, 5.74) is 6.64. The van der Waals surface area contributed by atoms with Crippen LogP contribution in [0.15, 0.2) is 23.1 Å². The van der Waals surface area contributed by atoms with E-state index in [9.17, 15) is 0 Å². The van der Waals surface area contributed by atoms with Crippen molar-refractivity contribution in [1.29, 1.82) is 0 Å². The van der Waals surface area contributed by atoms with Crippen LogP contribution in [0.25, 0.3) is 0 Å². The topological polar surface area (TPSA) is 26.0 Å². The Hall–Kier alpha value is -0.180. The molecule has 1 rings (SSSR count). The minimum Gasteiger partial charge on any atom is -0.326 e. The molecule has 0 radical (unpaired) electrons. The third-order valence-electron chi connectivity index (χ3n) is 1.54. The molecule has 0 aliphatic rings. The number of hydrogen-bond acceptors (Lipinski definition) is 2. The summed E-state index contributed by atoms with van der Waals surface area (Å²) in [5, 5.41) is 1.34. The van der Waals surface area contributed by atoms with E-state index in [4.69, 9.17) is 17.3 Å². The predicted octanol–water partition coefficient (Wildman–Crippen LogP) is 3.30. The molecule has 1 aromatic rings. The fraction of sp³-hybridized carbons (Fsp3) is 0.400. The summed E-state index contributed by atoms with van der Waals surface area (Å²) in [4.78, 5) is 1.20. The van der Waals surface area contributed by atoms with Crippen molar-refractivity contribution >= 4 is 23.4 Å². The van der Waals surface area contributed by atoms with Gasteiger partial charge < -0.3 is 5.73 Å². The van der Waals surface area contributed by atoms with Gasteiger partial charge in [-0.05, 0) is 23.8 Å². The van der Waals surface area contributed by atoms with E-state index in [1.165, 1.54) is 4.90 Å². The fourth-order valence-corrected chi connectivity index (χ4v) is 2.36. The summed E-state index contributed by atoms with van der Waals surface area (Å²) in [5.74, 6) is 0. The Bertz CT molecular complexity index is 286. The van der Waals surface area contributed by atoms with Crippen LogP contribution in [0.3, 0.4) is 0 Å². The molecule has 0 saturated carbocycles. The van der Waals surface area contributed by atoms with Gasteiger partial charge in [-0.1, -0.05) is 25.4 Å². The molecule has 3 heteroatoms. The van der Waals surface area contributed by atoms with Gasteiger partial charge in [0.1, 0.15) is 0 Å². The minimum atomic E-state index is 0.548.